The molecule has 0 aromatic heterocycles. The Labute approximate surface area is 153 Å². The van der Waals surface area contributed by atoms with Crippen LogP contribution < -0.4 is 0 Å². The summed E-state index contributed by atoms with van der Waals surface area (Å²) in [6.45, 7) is 4.70. The normalized spacial score (nSPS) is 18.1. The van der Waals surface area contributed by atoms with Crippen LogP contribution in [-0.4, -0.2) is 35.3 Å². The topological polar surface area (TPSA) is 57.6 Å². The molecule has 1 saturated heterocycles. The summed E-state index contributed by atoms with van der Waals surface area (Å²) in [7, 11) is 1.59. The van der Waals surface area contributed by atoms with E-state index in [9.17, 15) is 14.7 Å². The fraction of sp³-hybridized carbons (Fsp3) is 0.810. The summed E-state index contributed by atoms with van der Waals surface area (Å²) in [5.41, 5.74) is 0.0138. The Morgan fingerprint density at radius 1 is 1.00 bits per heavy atom. The molecule has 0 aromatic rings. The van der Waals surface area contributed by atoms with Gasteiger partial charge < -0.3 is 10.0 Å². The number of hydrogen-bond acceptors (Lipinski definition) is 3. The number of carbonyl (C=O) groups excluding carboxylic acids is 2. The SMILES string of the molecule is CC[C@H](C)CCCCCCCCCCC/C(O)=C1\C(=O)CN(C)C1=O. The Kier molecular flexibility index (Phi) is 10.5. The number of amides is 1. The van der Waals surface area contributed by atoms with Gasteiger partial charge in [-0.15, -0.1) is 0 Å². The van der Waals surface area contributed by atoms with E-state index in [-0.39, 0.29) is 29.6 Å². The summed E-state index contributed by atoms with van der Waals surface area (Å²) < 4.78 is 0. The molecule has 0 radical (unpaired) electrons. The van der Waals surface area contributed by atoms with Crippen LogP contribution in [0.4, 0.5) is 0 Å². The van der Waals surface area contributed by atoms with Gasteiger partial charge in [-0.25, -0.2) is 0 Å². The van der Waals surface area contributed by atoms with Gasteiger partial charge in [0.05, 0.1) is 6.54 Å². The second-order valence-corrected chi connectivity index (χ2v) is 7.64. The monoisotopic (exact) mass is 351 g/mol. The molecule has 1 N–H and O–H groups in total. The lowest BCUT2D eigenvalue weighted by atomic mass is 9.99. The molecule has 0 bridgehead atoms. The minimum Gasteiger partial charge on any atom is -0.511 e. The van der Waals surface area contributed by atoms with Crippen molar-refractivity contribution in [1.82, 2.24) is 4.90 Å². The summed E-state index contributed by atoms with van der Waals surface area (Å²) in [5, 5.41) is 10.00. The number of likely N-dealkylation sites (tertiary alicyclic amines) is 1. The average Bonchev–Trinajstić information content (AvgIpc) is 2.84. The van der Waals surface area contributed by atoms with Crippen LogP contribution in [0.2, 0.25) is 0 Å². The first-order valence-corrected chi connectivity index (χ1v) is 10.2. The molecular formula is C21H37NO3. The maximum Gasteiger partial charge on any atom is 0.261 e. The summed E-state index contributed by atoms with van der Waals surface area (Å²) >= 11 is 0. The molecule has 1 aliphatic heterocycles. The van der Waals surface area contributed by atoms with Crippen LogP contribution in [0.1, 0.15) is 90.9 Å². The van der Waals surface area contributed by atoms with E-state index in [2.05, 4.69) is 13.8 Å². The molecule has 0 aliphatic carbocycles. The smallest absolute Gasteiger partial charge is 0.261 e. The minimum atomic E-state index is -0.337. The van der Waals surface area contributed by atoms with Gasteiger partial charge in [-0.2, -0.15) is 0 Å². The predicted molar refractivity (Wildman–Crippen MR) is 103 cm³/mol. The van der Waals surface area contributed by atoms with Crippen LogP contribution in [0.25, 0.3) is 0 Å². The van der Waals surface area contributed by atoms with Crippen LogP contribution >= 0.6 is 0 Å². The highest BCUT2D eigenvalue weighted by atomic mass is 16.3. The zero-order chi connectivity index (χ0) is 18.7. The number of carbonyl (C=O) groups is 2. The average molecular weight is 352 g/mol. The fourth-order valence-corrected chi connectivity index (χ4v) is 3.31. The van der Waals surface area contributed by atoms with Crippen molar-refractivity contribution in [3.05, 3.63) is 11.3 Å². The molecular weight excluding hydrogens is 314 g/mol. The van der Waals surface area contributed by atoms with Gasteiger partial charge in [-0.05, 0) is 12.3 Å². The number of allylic oxidation sites excluding steroid dienone is 1. The molecule has 4 heteroatoms. The van der Waals surface area contributed by atoms with Gasteiger partial charge in [0.25, 0.3) is 5.91 Å². The number of aliphatic hydroxyl groups excluding tert-OH is 1. The van der Waals surface area contributed by atoms with Crippen molar-refractivity contribution in [3.63, 3.8) is 0 Å². The first-order chi connectivity index (χ1) is 12.0. The minimum absolute atomic E-state index is 0.0133. The second-order valence-electron chi connectivity index (χ2n) is 7.64. The Morgan fingerprint density at radius 3 is 2.00 bits per heavy atom. The Balaban J connectivity index is 2.00. The lowest BCUT2D eigenvalue weighted by molar-refractivity contribution is -0.123. The summed E-state index contributed by atoms with van der Waals surface area (Å²) in [6.07, 6.45) is 14.1. The van der Waals surface area contributed by atoms with E-state index in [1.165, 1.54) is 56.3 Å². The van der Waals surface area contributed by atoms with Gasteiger partial charge in [0.15, 0.2) is 5.78 Å². The van der Waals surface area contributed by atoms with E-state index in [0.717, 1.165) is 25.2 Å². The number of ketones is 1. The fourth-order valence-electron chi connectivity index (χ4n) is 3.31. The van der Waals surface area contributed by atoms with Gasteiger partial charge in [0.2, 0.25) is 0 Å². The van der Waals surface area contributed by atoms with Gasteiger partial charge in [0, 0.05) is 13.5 Å². The molecule has 0 aromatic carbocycles. The van der Waals surface area contributed by atoms with Crippen molar-refractivity contribution < 1.29 is 14.7 Å². The van der Waals surface area contributed by atoms with E-state index < -0.39 is 0 Å². The molecule has 0 unspecified atom stereocenters. The lowest BCUT2D eigenvalue weighted by Crippen LogP contribution is -2.19. The molecule has 1 fully saturated rings. The van der Waals surface area contributed by atoms with E-state index in [4.69, 9.17) is 0 Å². The summed E-state index contributed by atoms with van der Waals surface area (Å²) in [5.74, 6) is 0.274. The van der Waals surface area contributed by atoms with Gasteiger partial charge >= 0.3 is 0 Å². The number of aliphatic hydroxyl groups is 1. The van der Waals surface area contributed by atoms with E-state index in [0.29, 0.717) is 6.42 Å². The molecule has 25 heavy (non-hydrogen) atoms. The number of unbranched alkanes of at least 4 members (excludes halogenated alkanes) is 8. The molecule has 1 atom stereocenters. The number of nitrogens with zero attached hydrogens (tertiary/aromatic N) is 1. The van der Waals surface area contributed by atoms with Crippen LogP contribution in [0.5, 0.6) is 0 Å². The third kappa shape index (κ3) is 8.06. The Morgan fingerprint density at radius 2 is 1.52 bits per heavy atom. The predicted octanol–water partition coefficient (Wildman–Crippen LogP) is 5.18. The third-order valence-electron chi connectivity index (χ3n) is 5.32. The first-order valence-electron chi connectivity index (χ1n) is 10.2. The lowest BCUT2D eigenvalue weighted by Gasteiger charge is -2.07. The molecule has 1 amide bonds. The van der Waals surface area contributed by atoms with Crippen molar-refractivity contribution in [3.8, 4) is 0 Å². The molecule has 1 aliphatic rings. The number of rotatable bonds is 13. The molecule has 1 rings (SSSR count). The molecule has 1 heterocycles. The van der Waals surface area contributed by atoms with E-state index in [1.54, 1.807) is 7.05 Å². The highest BCUT2D eigenvalue weighted by Crippen LogP contribution is 2.20. The highest BCUT2D eigenvalue weighted by molar-refractivity contribution is 6.25. The van der Waals surface area contributed by atoms with E-state index >= 15 is 0 Å². The van der Waals surface area contributed by atoms with Crippen molar-refractivity contribution in [2.75, 3.05) is 13.6 Å². The zero-order valence-corrected chi connectivity index (χ0v) is 16.5. The molecule has 0 saturated carbocycles. The van der Waals surface area contributed by atoms with Gasteiger partial charge in [-0.3, -0.25) is 9.59 Å². The highest BCUT2D eigenvalue weighted by Gasteiger charge is 2.33. The number of Topliss-reactive ketones (excluding diaryl/α,β-unsaturated/α-hetero) is 1. The standard InChI is InChI=1S/C21H37NO3/c1-4-17(2)14-12-10-8-6-5-7-9-11-13-15-18(23)20-19(24)16-22(3)21(20)25/h17,23H,4-16H2,1-3H3/b20-18-/t17-/m0/s1. The quantitative estimate of drug-likeness (QED) is 0.215. The second kappa shape index (κ2) is 12.1. The van der Waals surface area contributed by atoms with Crippen molar-refractivity contribution >= 4 is 11.7 Å². The van der Waals surface area contributed by atoms with Crippen molar-refractivity contribution in [2.24, 2.45) is 5.92 Å². The van der Waals surface area contributed by atoms with Gasteiger partial charge in [-0.1, -0.05) is 78.1 Å². The van der Waals surface area contributed by atoms with Crippen LogP contribution in [0, 0.1) is 5.92 Å². The Hall–Kier alpha value is -1.32. The number of likely N-dealkylation sites (N-methyl/N-ethyl adjacent to an activating group) is 1. The summed E-state index contributed by atoms with van der Waals surface area (Å²) in [6, 6.07) is 0. The molecule has 144 valence electrons. The summed E-state index contributed by atoms with van der Waals surface area (Å²) in [4.78, 5) is 24.8. The third-order valence-corrected chi connectivity index (χ3v) is 5.32. The molecule has 4 nitrogen and oxygen atoms in total. The largest absolute Gasteiger partial charge is 0.511 e. The molecule has 0 spiro atoms. The van der Waals surface area contributed by atoms with Gasteiger partial charge in [0.1, 0.15) is 11.3 Å². The number of hydrogen-bond donors (Lipinski definition) is 1. The van der Waals surface area contributed by atoms with E-state index in [1.807, 2.05) is 0 Å². The van der Waals surface area contributed by atoms with Crippen LogP contribution in [-0.2, 0) is 9.59 Å². The zero-order valence-electron chi connectivity index (χ0n) is 16.5. The van der Waals surface area contributed by atoms with Crippen LogP contribution in [0.15, 0.2) is 11.3 Å². The Bertz CT molecular complexity index is 456. The maximum absolute atomic E-state index is 11.8. The van der Waals surface area contributed by atoms with Crippen LogP contribution in [0.3, 0.4) is 0 Å². The first kappa shape index (κ1) is 21.7. The maximum atomic E-state index is 11.8. The van der Waals surface area contributed by atoms with Crippen molar-refractivity contribution in [1.29, 1.82) is 0 Å². The van der Waals surface area contributed by atoms with Crippen molar-refractivity contribution in [2.45, 2.75) is 90.9 Å².